The van der Waals surface area contributed by atoms with Gasteiger partial charge in [0, 0.05) is 16.2 Å². The molecule has 8 heteroatoms. The van der Waals surface area contributed by atoms with Gasteiger partial charge >= 0.3 is 0 Å². The number of halogens is 1. The molecule has 3 rings (SSSR count). The van der Waals surface area contributed by atoms with E-state index >= 15 is 0 Å². The van der Waals surface area contributed by atoms with Crippen LogP contribution in [0.2, 0.25) is 0 Å². The van der Waals surface area contributed by atoms with E-state index in [1.54, 1.807) is 37.4 Å². The van der Waals surface area contributed by atoms with Crippen molar-refractivity contribution in [1.82, 2.24) is 4.98 Å². The van der Waals surface area contributed by atoms with Crippen LogP contribution < -0.4 is 0 Å². The van der Waals surface area contributed by atoms with Crippen LogP contribution in [0, 0.1) is 0 Å². The van der Waals surface area contributed by atoms with E-state index in [-0.39, 0.29) is 17.9 Å². The summed E-state index contributed by atoms with van der Waals surface area (Å²) in [6.07, 6.45) is 3.14. The fourth-order valence-corrected chi connectivity index (χ4v) is 6.09. The Balaban J connectivity index is 1.89. The Hall–Kier alpha value is -2.00. The van der Waals surface area contributed by atoms with Gasteiger partial charge in [-0.2, -0.15) is 0 Å². The highest BCUT2D eigenvalue weighted by atomic mass is 79.9. The predicted octanol–water partition coefficient (Wildman–Crippen LogP) is 3.34. The average Bonchev–Trinajstić information content (AvgIpc) is 2.95. The van der Waals surface area contributed by atoms with Crippen molar-refractivity contribution in [2.24, 2.45) is 0 Å². The molecule has 0 saturated heterocycles. The zero-order chi connectivity index (χ0) is 21.9. The molecule has 0 spiro atoms. The van der Waals surface area contributed by atoms with Gasteiger partial charge in [0.1, 0.15) is 11.0 Å². The number of aliphatic hydroxyl groups is 2. The van der Waals surface area contributed by atoms with Gasteiger partial charge in [-0.1, -0.05) is 27.6 Å². The highest BCUT2D eigenvalue weighted by Gasteiger charge is 2.39. The number of phenolic OH excluding ortho intramolecular Hbond substituents is 1. The molecule has 3 N–H and O–H groups in total. The van der Waals surface area contributed by atoms with Crippen LogP contribution in [0.4, 0.5) is 0 Å². The topological polar surface area (TPSA) is 108 Å². The van der Waals surface area contributed by atoms with E-state index < -0.39 is 27.8 Å². The van der Waals surface area contributed by atoms with E-state index in [4.69, 9.17) is 0 Å². The number of aromatic hydroxyl groups is 1. The van der Waals surface area contributed by atoms with E-state index in [1.807, 2.05) is 18.2 Å². The van der Waals surface area contributed by atoms with E-state index in [1.165, 1.54) is 0 Å². The Kier molecular flexibility index (Phi) is 7.13. The van der Waals surface area contributed by atoms with Gasteiger partial charge in [0.2, 0.25) is 0 Å². The summed E-state index contributed by atoms with van der Waals surface area (Å²) in [5, 5.41) is 29.5. The van der Waals surface area contributed by atoms with Gasteiger partial charge in [0.15, 0.2) is 9.84 Å². The van der Waals surface area contributed by atoms with Crippen LogP contribution in [0.1, 0.15) is 31.0 Å². The highest BCUT2D eigenvalue weighted by Crippen LogP contribution is 2.33. The van der Waals surface area contributed by atoms with Crippen molar-refractivity contribution in [2.45, 2.75) is 31.1 Å². The second-order valence-corrected chi connectivity index (χ2v) is 10.5. The number of aliphatic hydroxyl groups excluding tert-OH is 2. The second-order valence-electron chi connectivity index (χ2n) is 7.36. The minimum atomic E-state index is -3.48. The zero-order valence-electron chi connectivity index (χ0n) is 16.5. The number of nitrogens with zero attached hydrogens (tertiary/aromatic N) is 1. The number of phenols is 1. The summed E-state index contributed by atoms with van der Waals surface area (Å²) in [5.41, 5.74) is 3.08. The number of sulfone groups is 1. The fraction of sp³-hybridized carbons (Fsp3) is 0.318. The molecule has 0 aliphatic carbocycles. The lowest BCUT2D eigenvalue weighted by molar-refractivity contribution is 0.190. The molecule has 30 heavy (non-hydrogen) atoms. The van der Waals surface area contributed by atoms with Crippen LogP contribution in [0.15, 0.2) is 58.2 Å². The number of benzene rings is 1. The predicted molar refractivity (Wildman–Crippen MR) is 121 cm³/mol. The molecule has 0 unspecified atom stereocenters. The molecular weight excluding hydrogens is 470 g/mol. The van der Waals surface area contributed by atoms with Crippen molar-refractivity contribution in [2.75, 3.05) is 12.4 Å². The minimum absolute atomic E-state index is 0.118. The van der Waals surface area contributed by atoms with Crippen LogP contribution in [-0.4, -0.2) is 52.4 Å². The van der Waals surface area contributed by atoms with Crippen LogP contribution in [0.25, 0.3) is 11.6 Å². The van der Waals surface area contributed by atoms with Gasteiger partial charge in [0.05, 0.1) is 24.2 Å². The molecule has 2 atom stereocenters. The van der Waals surface area contributed by atoms with Gasteiger partial charge < -0.3 is 15.3 Å². The summed E-state index contributed by atoms with van der Waals surface area (Å²) in [6, 6.07) is 10.6. The van der Waals surface area contributed by atoms with Gasteiger partial charge in [-0.05, 0) is 67.3 Å². The summed E-state index contributed by atoms with van der Waals surface area (Å²) in [7, 11) is -3.48. The maximum absolute atomic E-state index is 12.2. The molecule has 0 amide bonds. The standard InChI is InChI=1S/C22H24BrNO5S/c1-14-13-30(28,29)21(12-25)22(14)20(27)7-5-15(18-4-2-3-9-24-18)10-16-11-17(23)6-8-19(16)26/h2-4,6,8-11,20-21,25-27H,5,7,12-13H2,1H3/b15-10-/t20-,21+/m1/s1. The van der Waals surface area contributed by atoms with Gasteiger partial charge in [-0.15, -0.1) is 0 Å². The first-order chi connectivity index (χ1) is 14.2. The lowest BCUT2D eigenvalue weighted by Gasteiger charge is -2.19. The third-order valence-corrected chi connectivity index (χ3v) is 7.81. The SMILES string of the molecule is CC1=C([C@H](O)CC/C(=C/c2cc(Br)ccc2O)c2ccccn2)[C@H](CO)S(=O)(=O)C1. The van der Waals surface area contributed by atoms with Crippen LogP contribution in [0.3, 0.4) is 0 Å². The first-order valence-corrected chi connectivity index (χ1v) is 12.0. The normalized spacial score (nSPS) is 19.9. The molecule has 2 aromatic rings. The summed E-state index contributed by atoms with van der Waals surface area (Å²) >= 11 is 3.40. The van der Waals surface area contributed by atoms with Gasteiger partial charge in [-0.25, -0.2) is 8.42 Å². The number of rotatable bonds is 7. The monoisotopic (exact) mass is 493 g/mol. The van der Waals surface area contributed by atoms with Crippen molar-refractivity contribution in [1.29, 1.82) is 0 Å². The molecule has 2 heterocycles. The highest BCUT2D eigenvalue weighted by molar-refractivity contribution is 9.10. The Morgan fingerprint density at radius 1 is 1.33 bits per heavy atom. The molecule has 1 aliphatic rings. The number of hydrogen-bond acceptors (Lipinski definition) is 6. The van der Waals surface area contributed by atoms with Crippen LogP contribution >= 0.6 is 15.9 Å². The zero-order valence-corrected chi connectivity index (χ0v) is 18.9. The lowest BCUT2D eigenvalue weighted by atomic mass is 9.94. The molecule has 0 bridgehead atoms. The molecule has 0 radical (unpaired) electrons. The summed E-state index contributed by atoms with van der Waals surface area (Å²) in [5.74, 6) is -0.0209. The van der Waals surface area contributed by atoms with Crippen molar-refractivity contribution in [3.8, 4) is 5.75 Å². The van der Waals surface area contributed by atoms with E-state index in [0.29, 0.717) is 28.8 Å². The van der Waals surface area contributed by atoms with Crippen LogP contribution in [-0.2, 0) is 9.84 Å². The number of allylic oxidation sites excluding steroid dienone is 1. The lowest BCUT2D eigenvalue weighted by Crippen LogP contribution is -2.29. The van der Waals surface area contributed by atoms with Crippen molar-refractivity contribution < 1.29 is 23.7 Å². The summed E-state index contributed by atoms with van der Waals surface area (Å²) in [4.78, 5) is 4.38. The van der Waals surface area contributed by atoms with Crippen LogP contribution in [0.5, 0.6) is 5.75 Å². The van der Waals surface area contributed by atoms with Gasteiger partial charge in [0.25, 0.3) is 0 Å². The number of hydrogen-bond donors (Lipinski definition) is 3. The molecule has 0 saturated carbocycles. The van der Waals surface area contributed by atoms with Gasteiger partial charge in [-0.3, -0.25) is 4.98 Å². The maximum atomic E-state index is 12.2. The first kappa shape index (κ1) is 22.7. The third kappa shape index (κ3) is 5.00. The van der Waals surface area contributed by atoms with Crippen molar-refractivity contribution in [3.05, 3.63) is 69.5 Å². The molecule has 0 fully saturated rings. The molecular formula is C22H24BrNO5S. The molecule has 1 aliphatic heterocycles. The number of aromatic nitrogens is 1. The summed E-state index contributed by atoms with van der Waals surface area (Å²) in [6.45, 7) is 1.14. The number of pyridine rings is 1. The quantitative estimate of drug-likeness (QED) is 0.510. The summed E-state index contributed by atoms with van der Waals surface area (Å²) < 4.78 is 25.3. The van der Waals surface area contributed by atoms with E-state index in [9.17, 15) is 23.7 Å². The Bertz CT molecular complexity index is 1080. The Labute approximate surface area is 184 Å². The van der Waals surface area contributed by atoms with E-state index in [2.05, 4.69) is 20.9 Å². The average molecular weight is 494 g/mol. The Morgan fingerprint density at radius 3 is 2.77 bits per heavy atom. The first-order valence-electron chi connectivity index (χ1n) is 9.53. The maximum Gasteiger partial charge on any atom is 0.163 e. The smallest absolute Gasteiger partial charge is 0.163 e. The Morgan fingerprint density at radius 2 is 2.10 bits per heavy atom. The second kappa shape index (κ2) is 9.43. The molecule has 1 aromatic carbocycles. The third-order valence-electron chi connectivity index (χ3n) is 5.22. The van der Waals surface area contributed by atoms with E-state index in [0.717, 1.165) is 10.0 Å². The van der Waals surface area contributed by atoms with Crippen molar-refractivity contribution in [3.63, 3.8) is 0 Å². The molecule has 6 nitrogen and oxygen atoms in total. The molecule has 1 aromatic heterocycles. The minimum Gasteiger partial charge on any atom is -0.507 e. The largest absolute Gasteiger partial charge is 0.507 e. The fourth-order valence-electron chi connectivity index (χ4n) is 3.77. The molecule has 160 valence electrons. The van der Waals surface area contributed by atoms with Crippen molar-refractivity contribution >= 4 is 37.4 Å².